The van der Waals surface area contributed by atoms with Gasteiger partial charge in [0.2, 0.25) is 11.8 Å². The number of amides is 2. The van der Waals surface area contributed by atoms with Crippen molar-refractivity contribution in [2.24, 2.45) is 11.1 Å². The van der Waals surface area contributed by atoms with E-state index in [2.05, 4.69) is 10.6 Å². The molecule has 1 aliphatic carbocycles. The SMILES string of the molecule is CCC(C)NC(=O)CCNC(=O)C1(CN)CCCCC1. The molecule has 0 aromatic heterocycles. The Bertz CT molecular complexity index is 325. The average Bonchev–Trinajstić information content (AvgIpc) is 2.47. The van der Waals surface area contributed by atoms with Gasteiger partial charge < -0.3 is 16.4 Å². The first-order valence-corrected chi connectivity index (χ1v) is 7.82. The van der Waals surface area contributed by atoms with Crippen LogP contribution < -0.4 is 16.4 Å². The van der Waals surface area contributed by atoms with Gasteiger partial charge >= 0.3 is 0 Å². The second-order valence-electron chi connectivity index (χ2n) is 5.93. The summed E-state index contributed by atoms with van der Waals surface area (Å²) in [5.74, 6) is 0.0149. The van der Waals surface area contributed by atoms with E-state index in [0.29, 0.717) is 19.5 Å². The molecule has 0 aromatic carbocycles. The number of nitrogens with two attached hydrogens (primary N) is 1. The van der Waals surface area contributed by atoms with Crippen molar-refractivity contribution in [3.8, 4) is 0 Å². The van der Waals surface area contributed by atoms with Gasteiger partial charge in [-0.15, -0.1) is 0 Å². The molecule has 0 aromatic rings. The third-order valence-electron chi connectivity index (χ3n) is 4.34. The molecule has 1 rings (SSSR count). The maximum Gasteiger partial charge on any atom is 0.227 e. The van der Waals surface area contributed by atoms with Crippen molar-refractivity contribution in [1.29, 1.82) is 0 Å². The molecule has 4 N–H and O–H groups in total. The van der Waals surface area contributed by atoms with Gasteiger partial charge in [0.15, 0.2) is 0 Å². The van der Waals surface area contributed by atoms with Crippen molar-refractivity contribution in [2.75, 3.05) is 13.1 Å². The molecule has 0 heterocycles. The minimum absolute atomic E-state index is 0.00917. The molecule has 1 saturated carbocycles. The van der Waals surface area contributed by atoms with Crippen LogP contribution in [0, 0.1) is 5.41 Å². The van der Waals surface area contributed by atoms with Crippen LogP contribution in [0.1, 0.15) is 58.8 Å². The highest BCUT2D eigenvalue weighted by molar-refractivity contribution is 5.84. The second kappa shape index (κ2) is 8.25. The summed E-state index contributed by atoms with van der Waals surface area (Å²) in [5.41, 5.74) is 5.42. The Morgan fingerprint density at radius 1 is 1.25 bits per heavy atom. The third kappa shape index (κ3) is 4.78. The Hall–Kier alpha value is -1.10. The zero-order valence-corrected chi connectivity index (χ0v) is 12.8. The van der Waals surface area contributed by atoms with Crippen molar-refractivity contribution >= 4 is 11.8 Å². The van der Waals surface area contributed by atoms with Crippen LogP contribution in [0.2, 0.25) is 0 Å². The normalized spacial score (nSPS) is 19.1. The molecule has 5 heteroatoms. The van der Waals surface area contributed by atoms with Gasteiger partial charge in [-0.2, -0.15) is 0 Å². The highest BCUT2D eigenvalue weighted by Crippen LogP contribution is 2.35. The largest absolute Gasteiger partial charge is 0.355 e. The molecule has 0 saturated heterocycles. The van der Waals surface area contributed by atoms with Crippen LogP contribution in [0.15, 0.2) is 0 Å². The summed E-state index contributed by atoms with van der Waals surface area (Å²) in [6.07, 6.45) is 6.30. The van der Waals surface area contributed by atoms with E-state index in [4.69, 9.17) is 5.73 Å². The Morgan fingerprint density at radius 3 is 2.45 bits per heavy atom. The molecule has 5 nitrogen and oxygen atoms in total. The van der Waals surface area contributed by atoms with Gasteiger partial charge in [-0.1, -0.05) is 26.2 Å². The van der Waals surface area contributed by atoms with Crippen LogP contribution in [-0.2, 0) is 9.59 Å². The smallest absolute Gasteiger partial charge is 0.227 e. The Morgan fingerprint density at radius 2 is 1.90 bits per heavy atom. The lowest BCUT2D eigenvalue weighted by atomic mass is 9.73. The molecule has 0 spiro atoms. The summed E-state index contributed by atoms with van der Waals surface area (Å²) < 4.78 is 0. The van der Waals surface area contributed by atoms with Crippen LogP contribution in [0.3, 0.4) is 0 Å². The molecule has 1 atom stereocenters. The molecular weight excluding hydrogens is 254 g/mol. The summed E-state index contributed by atoms with van der Waals surface area (Å²) in [5, 5.41) is 5.78. The van der Waals surface area contributed by atoms with Crippen molar-refractivity contribution in [1.82, 2.24) is 10.6 Å². The number of rotatable bonds is 7. The zero-order chi connectivity index (χ0) is 15.0. The minimum Gasteiger partial charge on any atom is -0.355 e. The average molecular weight is 283 g/mol. The van der Waals surface area contributed by atoms with Crippen LogP contribution in [-0.4, -0.2) is 30.9 Å². The van der Waals surface area contributed by atoms with Gasteiger partial charge in [0.1, 0.15) is 0 Å². The van der Waals surface area contributed by atoms with E-state index in [1.165, 1.54) is 6.42 Å². The molecule has 1 aliphatic rings. The monoisotopic (exact) mass is 283 g/mol. The summed E-state index contributed by atoms with van der Waals surface area (Å²) in [4.78, 5) is 23.9. The molecule has 20 heavy (non-hydrogen) atoms. The van der Waals surface area contributed by atoms with E-state index >= 15 is 0 Å². The minimum atomic E-state index is -0.397. The van der Waals surface area contributed by atoms with Crippen molar-refractivity contribution in [3.63, 3.8) is 0 Å². The maximum absolute atomic E-state index is 12.3. The van der Waals surface area contributed by atoms with Gasteiger partial charge in [0, 0.05) is 25.6 Å². The number of hydrogen-bond donors (Lipinski definition) is 3. The summed E-state index contributed by atoms with van der Waals surface area (Å²) in [6.45, 7) is 4.80. The molecule has 2 amide bonds. The van der Waals surface area contributed by atoms with Gasteiger partial charge in [-0.3, -0.25) is 9.59 Å². The van der Waals surface area contributed by atoms with E-state index in [1.807, 2.05) is 13.8 Å². The van der Waals surface area contributed by atoms with Crippen LogP contribution in [0.4, 0.5) is 0 Å². The number of carbonyl (C=O) groups is 2. The molecular formula is C15H29N3O2. The lowest BCUT2D eigenvalue weighted by Crippen LogP contribution is -2.48. The molecule has 0 radical (unpaired) electrons. The molecule has 0 aliphatic heterocycles. The highest BCUT2D eigenvalue weighted by Gasteiger charge is 2.37. The molecule has 1 fully saturated rings. The maximum atomic E-state index is 12.3. The van der Waals surface area contributed by atoms with Gasteiger partial charge in [0.05, 0.1) is 5.41 Å². The predicted molar refractivity (Wildman–Crippen MR) is 80.1 cm³/mol. The number of carbonyl (C=O) groups excluding carboxylic acids is 2. The van der Waals surface area contributed by atoms with E-state index in [-0.39, 0.29) is 17.9 Å². The lowest BCUT2D eigenvalue weighted by molar-refractivity contribution is -0.132. The first kappa shape index (κ1) is 17.0. The highest BCUT2D eigenvalue weighted by atomic mass is 16.2. The van der Waals surface area contributed by atoms with E-state index < -0.39 is 5.41 Å². The summed E-state index contributed by atoms with van der Waals surface area (Å²) in [6, 6.07) is 0.187. The first-order valence-electron chi connectivity index (χ1n) is 7.82. The van der Waals surface area contributed by atoms with Crippen LogP contribution in [0.25, 0.3) is 0 Å². The van der Waals surface area contributed by atoms with Crippen molar-refractivity contribution in [2.45, 2.75) is 64.8 Å². The van der Waals surface area contributed by atoms with Crippen molar-refractivity contribution < 1.29 is 9.59 Å². The Kier molecular flexibility index (Phi) is 6.99. The number of nitrogens with one attached hydrogen (secondary N) is 2. The predicted octanol–water partition coefficient (Wildman–Crippen LogP) is 1.32. The van der Waals surface area contributed by atoms with Crippen LogP contribution in [0.5, 0.6) is 0 Å². The fourth-order valence-corrected chi connectivity index (χ4v) is 2.68. The fourth-order valence-electron chi connectivity index (χ4n) is 2.68. The number of hydrogen-bond acceptors (Lipinski definition) is 3. The quantitative estimate of drug-likeness (QED) is 0.659. The van der Waals surface area contributed by atoms with E-state index in [0.717, 1.165) is 32.1 Å². The Labute approximate surface area is 122 Å². The lowest BCUT2D eigenvalue weighted by Gasteiger charge is -2.34. The molecule has 0 bridgehead atoms. The Balaban J connectivity index is 2.33. The fraction of sp³-hybridized carbons (Fsp3) is 0.867. The summed E-state index contributed by atoms with van der Waals surface area (Å²) in [7, 11) is 0. The second-order valence-corrected chi connectivity index (χ2v) is 5.93. The zero-order valence-electron chi connectivity index (χ0n) is 12.8. The van der Waals surface area contributed by atoms with Gasteiger partial charge in [0.25, 0.3) is 0 Å². The van der Waals surface area contributed by atoms with Crippen molar-refractivity contribution in [3.05, 3.63) is 0 Å². The first-order chi connectivity index (χ1) is 9.54. The molecule has 116 valence electrons. The summed E-state index contributed by atoms with van der Waals surface area (Å²) >= 11 is 0. The van der Waals surface area contributed by atoms with Crippen LogP contribution >= 0.6 is 0 Å². The van der Waals surface area contributed by atoms with Gasteiger partial charge in [-0.25, -0.2) is 0 Å². The third-order valence-corrected chi connectivity index (χ3v) is 4.34. The topological polar surface area (TPSA) is 84.2 Å². The van der Waals surface area contributed by atoms with E-state index in [9.17, 15) is 9.59 Å². The standard InChI is InChI=1S/C15H29N3O2/c1-3-12(2)18-13(19)7-10-17-14(20)15(11-16)8-5-4-6-9-15/h12H,3-11,16H2,1-2H3,(H,17,20)(H,18,19). The van der Waals surface area contributed by atoms with Gasteiger partial charge in [-0.05, 0) is 26.2 Å². The van der Waals surface area contributed by atoms with E-state index in [1.54, 1.807) is 0 Å². The molecule has 1 unspecified atom stereocenters.